The Bertz CT molecular complexity index is 932. The predicted octanol–water partition coefficient (Wildman–Crippen LogP) is 3.86. The van der Waals surface area contributed by atoms with Crippen LogP contribution in [0.1, 0.15) is 57.8 Å². The van der Waals surface area contributed by atoms with Crippen LogP contribution in [0.4, 0.5) is 11.8 Å². The van der Waals surface area contributed by atoms with Crippen LogP contribution in [0.3, 0.4) is 0 Å². The molecular weight excluding hydrogens is 378 g/mol. The number of nitrogens with two attached hydrogens (primary N) is 1. The molecule has 1 aromatic carbocycles. The summed E-state index contributed by atoms with van der Waals surface area (Å²) in [4.78, 5) is 4.87. The fourth-order valence-electron chi connectivity index (χ4n) is 3.36. The van der Waals surface area contributed by atoms with Gasteiger partial charge < -0.3 is 25.7 Å². The summed E-state index contributed by atoms with van der Waals surface area (Å²) in [5, 5.41) is 15.8. The van der Waals surface area contributed by atoms with Crippen molar-refractivity contribution < 1.29 is 4.74 Å². The number of nitrogens with one attached hydrogen (secondary N) is 2. The number of rotatable bonds is 9. The molecule has 0 saturated heterocycles. The third-order valence-corrected chi connectivity index (χ3v) is 4.90. The normalized spacial score (nSPS) is 12.6. The highest BCUT2D eigenvalue weighted by Crippen LogP contribution is 2.37. The molecule has 3 rings (SSSR count). The fourth-order valence-corrected chi connectivity index (χ4v) is 3.36. The van der Waals surface area contributed by atoms with Crippen molar-refractivity contribution in [2.24, 2.45) is 5.73 Å². The van der Waals surface area contributed by atoms with Gasteiger partial charge in [0.2, 0.25) is 5.95 Å². The minimum Gasteiger partial charge on any atom is -0.497 e. The van der Waals surface area contributed by atoms with E-state index in [0.717, 1.165) is 34.3 Å². The van der Waals surface area contributed by atoms with Gasteiger partial charge in [0.05, 0.1) is 18.5 Å². The number of benzene rings is 1. The Morgan fingerprint density at radius 2 is 1.73 bits per heavy atom. The SMILES string of the molecule is COc1ccc(CNc2nc(NCC(C)N)n(C(C)C)c3c(C(C)C)nnc2-3)cc1. The van der Waals surface area contributed by atoms with E-state index in [1.807, 2.05) is 31.2 Å². The molecule has 0 radical (unpaired) electrons. The standard InChI is InChI=1S/C22H33N7O/c1-13(2)18-20-19(28-27-18)21(24-12-16-7-9-17(30-6)10-8-16)26-22(25-11-15(5)23)29(20)14(3)4/h7-10,13-15,24H,11-12,23H2,1-6H3,(H,25,26). The third kappa shape index (κ3) is 4.64. The number of aromatic nitrogens is 4. The van der Waals surface area contributed by atoms with Gasteiger partial charge in [0.1, 0.15) is 5.75 Å². The molecule has 0 fully saturated rings. The van der Waals surface area contributed by atoms with Crippen LogP contribution in [0.15, 0.2) is 24.3 Å². The molecule has 2 aliphatic rings. The average Bonchev–Trinajstić information content (AvgIpc) is 3.15. The Hall–Kier alpha value is -2.87. The van der Waals surface area contributed by atoms with Crippen molar-refractivity contribution in [1.82, 2.24) is 19.7 Å². The van der Waals surface area contributed by atoms with Crippen molar-refractivity contribution >= 4 is 11.8 Å². The van der Waals surface area contributed by atoms with Gasteiger partial charge in [-0.05, 0) is 44.4 Å². The molecule has 0 spiro atoms. The minimum atomic E-state index is 0.0132. The maximum Gasteiger partial charge on any atom is 0.205 e. The molecule has 0 aromatic heterocycles. The first-order valence-electron chi connectivity index (χ1n) is 10.5. The molecule has 1 aromatic rings. The van der Waals surface area contributed by atoms with Crippen LogP contribution in [0.25, 0.3) is 11.4 Å². The number of hydrogen-bond acceptors (Lipinski definition) is 7. The predicted molar refractivity (Wildman–Crippen MR) is 121 cm³/mol. The third-order valence-electron chi connectivity index (χ3n) is 4.90. The zero-order chi connectivity index (χ0) is 21.8. The van der Waals surface area contributed by atoms with Gasteiger partial charge in [0, 0.05) is 25.2 Å². The first kappa shape index (κ1) is 21.8. The molecule has 1 atom stereocenters. The molecule has 1 unspecified atom stereocenters. The zero-order valence-electron chi connectivity index (χ0n) is 18.7. The number of fused-ring (bicyclic) bond motifs is 1. The summed E-state index contributed by atoms with van der Waals surface area (Å²) < 4.78 is 7.41. The van der Waals surface area contributed by atoms with E-state index < -0.39 is 0 Å². The van der Waals surface area contributed by atoms with Gasteiger partial charge in [-0.25, -0.2) is 0 Å². The Morgan fingerprint density at radius 3 is 2.30 bits per heavy atom. The number of anilines is 2. The van der Waals surface area contributed by atoms with Gasteiger partial charge in [-0.1, -0.05) is 26.0 Å². The molecule has 162 valence electrons. The monoisotopic (exact) mass is 411 g/mol. The van der Waals surface area contributed by atoms with Gasteiger partial charge in [0.25, 0.3) is 0 Å². The number of methoxy groups -OCH3 is 1. The van der Waals surface area contributed by atoms with Crippen LogP contribution in [0, 0.1) is 0 Å². The van der Waals surface area contributed by atoms with E-state index >= 15 is 0 Å². The molecule has 4 N–H and O–H groups in total. The molecule has 0 amide bonds. The lowest BCUT2D eigenvalue weighted by molar-refractivity contribution is 0.414. The number of ether oxygens (including phenoxy) is 1. The van der Waals surface area contributed by atoms with Crippen LogP contribution < -0.4 is 21.1 Å². The van der Waals surface area contributed by atoms with E-state index in [1.165, 1.54) is 0 Å². The largest absolute Gasteiger partial charge is 0.497 e. The van der Waals surface area contributed by atoms with Gasteiger partial charge in [0.15, 0.2) is 11.5 Å². The average molecular weight is 412 g/mol. The summed E-state index contributed by atoms with van der Waals surface area (Å²) in [6.07, 6.45) is 0. The first-order valence-corrected chi connectivity index (χ1v) is 10.5. The fraction of sp³-hybridized carbons (Fsp3) is 0.500. The van der Waals surface area contributed by atoms with Crippen molar-refractivity contribution in [1.29, 1.82) is 0 Å². The topological polar surface area (TPSA) is 103 Å². The highest BCUT2D eigenvalue weighted by Gasteiger charge is 2.27. The van der Waals surface area contributed by atoms with Gasteiger partial charge in [-0.3, -0.25) is 0 Å². The quantitative estimate of drug-likeness (QED) is 0.491. The van der Waals surface area contributed by atoms with E-state index in [1.54, 1.807) is 7.11 Å². The van der Waals surface area contributed by atoms with E-state index in [2.05, 4.69) is 53.1 Å². The molecule has 0 aliphatic carbocycles. The Labute approximate surface area is 178 Å². The maximum atomic E-state index is 5.98. The second kappa shape index (κ2) is 9.30. The summed E-state index contributed by atoms with van der Waals surface area (Å²) in [6, 6.07) is 8.17. The Balaban J connectivity index is 2.01. The van der Waals surface area contributed by atoms with Crippen LogP contribution in [0.2, 0.25) is 0 Å². The first-order chi connectivity index (χ1) is 14.3. The van der Waals surface area contributed by atoms with E-state index in [-0.39, 0.29) is 18.0 Å². The summed E-state index contributed by atoms with van der Waals surface area (Å²) in [5.74, 6) is 2.56. The zero-order valence-corrected chi connectivity index (χ0v) is 18.7. The second-order valence-corrected chi connectivity index (χ2v) is 8.24. The highest BCUT2D eigenvalue weighted by atomic mass is 16.5. The molecule has 8 heteroatoms. The van der Waals surface area contributed by atoms with Crippen molar-refractivity contribution in [3.05, 3.63) is 35.5 Å². The van der Waals surface area contributed by atoms with Gasteiger partial charge in [-0.15, -0.1) is 5.10 Å². The lowest BCUT2D eigenvalue weighted by Gasteiger charge is -2.25. The number of hydrogen-bond donors (Lipinski definition) is 3. The molecule has 30 heavy (non-hydrogen) atoms. The van der Waals surface area contributed by atoms with E-state index in [4.69, 9.17) is 15.5 Å². The second-order valence-electron chi connectivity index (χ2n) is 8.24. The highest BCUT2D eigenvalue weighted by molar-refractivity contribution is 5.74. The molecule has 0 saturated carbocycles. The molecular formula is C22H33N7O. The molecule has 2 aliphatic heterocycles. The van der Waals surface area contributed by atoms with Crippen LogP contribution in [-0.2, 0) is 6.54 Å². The molecule has 0 bridgehead atoms. The van der Waals surface area contributed by atoms with Crippen LogP contribution in [-0.4, -0.2) is 39.4 Å². The minimum absolute atomic E-state index is 0.0132. The van der Waals surface area contributed by atoms with Crippen molar-refractivity contribution in [3.63, 3.8) is 0 Å². The number of nitrogens with zero attached hydrogens (tertiary/aromatic N) is 4. The van der Waals surface area contributed by atoms with Gasteiger partial charge >= 0.3 is 0 Å². The Morgan fingerprint density at radius 1 is 1.03 bits per heavy atom. The summed E-state index contributed by atoms with van der Waals surface area (Å²) in [7, 11) is 1.67. The summed E-state index contributed by atoms with van der Waals surface area (Å²) in [5.41, 5.74) is 9.88. The lowest BCUT2D eigenvalue weighted by Crippen LogP contribution is -2.28. The van der Waals surface area contributed by atoms with Crippen LogP contribution in [0.5, 0.6) is 5.75 Å². The Kier molecular flexibility index (Phi) is 6.77. The summed E-state index contributed by atoms with van der Waals surface area (Å²) >= 11 is 0. The smallest absolute Gasteiger partial charge is 0.205 e. The van der Waals surface area contributed by atoms with Crippen LogP contribution >= 0.6 is 0 Å². The van der Waals surface area contributed by atoms with Crippen molar-refractivity contribution in [2.45, 2.75) is 59.2 Å². The van der Waals surface area contributed by atoms with Crippen molar-refractivity contribution in [2.75, 3.05) is 24.3 Å². The van der Waals surface area contributed by atoms with Gasteiger partial charge in [-0.2, -0.15) is 10.1 Å². The van der Waals surface area contributed by atoms with E-state index in [0.29, 0.717) is 18.9 Å². The molecule has 2 heterocycles. The lowest BCUT2D eigenvalue weighted by atomic mass is 10.1. The maximum absolute atomic E-state index is 5.98. The molecule has 8 nitrogen and oxygen atoms in total. The van der Waals surface area contributed by atoms with Crippen molar-refractivity contribution in [3.8, 4) is 17.1 Å². The van der Waals surface area contributed by atoms with E-state index in [9.17, 15) is 0 Å². The summed E-state index contributed by atoms with van der Waals surface area (Å²) in [6.45, 7) is 11.8.